The molecule has 1 aromatic carbocycles. The second-order valence-electron chi connectivity index (χ2n) is 5.27. The molecule has 0 saturated carbocycles. The Morgan fingerprint density at radius 2 is 2.00 bits per heavy atom. The number of nitrogens with zero attached hydrogens (tertiary/aromatic N) is 6. The van der Waals surface area contributed by atoms with Crippen LogP contribution in [0, 0.1) is 9.81 Å². The van der Waals surface area contributed by atoms with Gasteiger partial charge in [-0.15, -0.1) is 9.81 Å². The van der Waals surface area contributed by atoms with Crippen LogP contribution in [0.15, 0.2) is 34.8 Å². The van der Waals surface area contributed by atoms with E-state index in [9.17, 15) is 9.81 Å². The highest BCUT2D eigenvalue weighted by atomic mass is 16.5. The van der Waals surface area contributed by atoms with E-state index in [2.05, 4.69) is 15.6 Å². The Balaban J connectivity index is 2.21. The van der Waals surface area contributed by atoms with Crippen molar-refractivity contribution in [1.82, 2.24) is 14.6 Å². The maximum Gasteiger partial charge on any atom is 0.230 e. The summed E-state index contributed by atoms with van der Waals surface area (Å²) in [6.45, 7) is 4.45. The van der Waals surface area contributed by atoms with Crippen LogP contribution in [0.1, 0.15) is 13.3 Å². The number of anilines is 1. The predicted octanol–water partition coefficient (Wildman–Crippen LogP) is 2.56. The van der Waals surface area contributed by atoms with Crippen molar-refractivity contribution in [2.45, 2.75) is 19.9 Å². The standard InChI is InChI=1S/C15H22N6O3/c1-3-24-12-11-20-14-8-5-4-7-13(14)16-15(20)21(18-23)10-6-9-19(2)17-22/h4-5,7-8H,3,6,9-12H2,1-2H3. The molecular weight excluding hydrogens is 312 g/mol. The van der Waals surface area contributed by atoms with Gasteiger partial charge in [-0.25, -0.2) is 4.98 Å². The highest BCUT2D eigenvalue weighted by molar-refractivity contribution is 5.78. The molecule has 1 heterocycles. The monoisotopic (exact) mass is 334 g/mol. The average molecular weight is 334 g/mol. The van der Waals surface area contributed by atoms with Gasteiger partial charge in [0.2, 0.25) is 5.95 Å². The highest BCUT2D eigenvalue weighted by Crippen LogP contribution is 2.23. The summed E-state index contributed by atoms with van der Waals surface area (Å²) in [5.74, 6) is 0.479. The van der Waals surface area contributed by atoms with E-state index in [1.54, 1.807) is 7.05 Å². The smallest absolute Gasteiger partial charge is 0.230 e. The Bertz CT molecular complexity index is 674. The van der Waals surface area contributed by atoms with Crippen LogP contribution < -0.4 is 5.01 Å². The highest BCUT2D eigenvalue weighted by Gasteiger charge is 2.17. The molecule has 0 atom stereocenters. The first-order chi connectivity index (χ1) is 11.7. The van der Waals surface area contributed by atoms with Crippen molar-refractivity contribution in [2.24, 2.45) is 10.6 Å². The predicted molar refractivity (Wildman–Crippen MR) is 92.4 cm³/mol. The molecule has 0 radical (unpaired) electrons. The minimum atomic E-state index is 0.349. The van der Waals surface area contributed by atoms with Gasteiger partial charge in [-0.2, -0.15) is 5.01 Å². The molecule has 130 valence electrons. The maximum atomic E-state index is 11.3. The van der Waals surface area contributed by atoms with Crippen LogP contribution in [-0.4, -0.2) is 47.9 Å². The number of rotatable bonds is 11. The van der Waals surface area contributed by atoms with Crippen molar-refractivity contribution < 1.29 is 4.74 Å². The van der Waals surface area contributed by atoms with Gasteiger partial charge < -0.3 is 9.30 Å². The average Bonchev–Trinajstić information content (AvgIpc) is 2.97. The summed E-state index contributed by atoms with van der Waals surface area (Å²) in [6.07, 6.45) is 0.558. The van der Waals surface area contributed by atoms with E-state index in [0.717, 1.165) is 11.0 Å². The second kappa shape index (κ2) is 8.92. The fraction of sp³-hybridized carbons (Fsp3) is 0.533. The van der Waals surface area contributed by atoms with E-state index >= 15 is 0 Å². The minimum Gasteiger partial charge on any atom is -0.380 e. The number of para-hydroxylation sites is 2. The molecule has 0 aliphatic carbocycles. The first kappa shape index (κ1) is 17.8. The van der Waals surface area contributed by atoms with Gasteiger partial charge >= 0.3 is 0 Å². The number of ether oxygens (including phenoxy) is 1. The Morgan fingerprint density at radius 1 is 1.21 bits per heavy atom. The molecule has 0 unspecified atom stereocenters. The van der Waals surface area contributed by atoms with Gasteiger partial charge in [0, 0.05) is 33.3 Å². The number of hydrogen-bond acceptors (Lipinski definition) is 6. The molecule has 0 aliphatic rings. The largest absolute Gasteiger partial charge is 0.380 e. The number of hydrogen-bond donors (Lipinski definition) is 0. The quantitative estimate of drug-likeness (QED) is 0.356. The Labute approximate surface area is 140 Å². The molecule has 9 heteroatoms. The van der Waals surface area contributed by atoms with Crippen molar-refractivity contribution in [3.05, 3.63) is 34.1 Å². The van der Waals surface area contributed by atoms with Gasteiger partial charge in [0.05, 0.1) is 28.2 Å². The Hall–Kier alpha value is -2.55. The van der Waals surface area contributed by atoms with E-state index < -0.39 is 0 Å². The van der Waals surface area contributed by atoms with E-state index in [0.29, 0.717) is 45.2 Å². The summed E-state index contributed by atoms with van der Waals surface area (Å²) >= 11 is 0. The summed E-state index contributed by atoms with van der Waals surface area (Å²) in [5, 5.41) is 8.49. The topological polar surface area (TPSA) is 92.4 Å². The van der Waals surface area contributed by atoms with Crippen molar-refractivity contribution >= 4 is 17.0 Å². The van der Waals surface area contributed by atoms with Gasteiger partial charge in [-0.3, -0.25) is 5.01 Å². The minimum absolute atomic E-state index is 0.349. The van der Waals surface area contributed by atoms with E-state index in [1.807, 2.05) is 35.8 Å². The van der Waals surface area contributed by atoms with Gasteiger partial charge in [-0.1, -0.05) is 12.1 Å². The van der Waals surface area contributed by atoms with Crippen LogP contribution >= 0.6 is 0 Å². The molecule has 1 aromatic heterocycles. The summed E-state index contributed by atoms with van der Waals surface area (Å²) < 4.78 is 7.35. The zero-order valence-electron chi connectivity index (χ0n) is 14.0. The van der Waals surface area contributed by atoms with Crippen molar-refractivity contribution in [1.29, 1.82) is 0 Å². The number of aromatic nitrogens is 2. The zero-order valence-corrected chi connectivity index (χ0v) is 14.0. The molecule has 2 aromatic rings. The lowest BCUT2D eigenvalue weighted by atomic mass is 10.3. The molecule has 24 heavy (non-hydrogen) atoms. The fourth-order valence-corrected chi connectivity index (χ4v) is 2.45. The Kier molecular flexibility index (Phi) is 6.62. The number of benzene rings is 1. The van der Waals surface area contributed by atoms with Crippen LogP contribution in [0.5, 0.6) is 0 Å². The molecule has 0 amide bonds. The summed E-state index contributed by atoms with van der Waals surface area (Å²) in [6, 6.07) is 7.66. The van der Waals surface area contributed by atoms with Gasteiger partial charge in [0.15, 0.2) is 0 Å². The summed E-state index contributed by atoms with van der Waals surface area (Å²) in [7, 11) is 1.59. The van der Waals surface area contributed by atoms with Crippen molar-refractivity contribution in [3.8, 4) is 0 Å². The molecule has 9 nitrogen and oxygen atoms in total. The van der Waals surface area contributed by atoms with Crippen LogP contribution in [0.4, 0.5) is 5.95 Å². The first-order valence-electron chi connectivity index (χ1n) is 7.89. The molecular formula is C15H22N6O3. The third-order valence-corrected chi connectivity index (χ3v) is 3.62. The van der Waals surface area contributed by atoms with Crippen LogP contribution in [0.2, 0.25) is 0 Å². The molecule has 0 bridgehead atoms. The van der Waals surface area contributed by atoms with Crippen LogP contribution in [0.25, 0.3) is 11.0 Å². The maximum absolute atomic E-state index is 11.3. The summed E-state index contributed by atoms with van der Waals surface area (Å²) in [4.78, 5) is 26.2. The lowest BCUT2D eigenvalue weighted by molar-refractivity contribution is 0.140. The van der Waals surface area contributed by atoms with E-state index in [1.165, 1.54) is 10.0 Å². The van der Waals surface area contributed by atoms with Crippen molar-refractivity contribution in [2.75, 3.05) is 38.4 Å². The normalized spacial score (nSPS) is 10.8. The van der Waals surface area contributed by atoms with E-state index in [4.69, 9.17) is 4.74 Å². The molecule has 0 N–H and O–H groups in total. The SMILES string of the molecule is CCOCCn1c(N(CCCN(C)N=O)N=O)nc2ccccc21. The zero-order chi connectivity index (χ0) is 17.4. The molecule has 0 aliphatic heterocycles. The Morgan fingerprint density at radius 3 is 2.71 bits per heavy atom. The third kappa shape index (κ3) is 4.25. The molecule has 0 spiro atoms. The first-order valence-corrected chi connectivity index (χ1v) is 7.89. The second-order valence-corrected chi connectivity index (χ2v) is 5.27. The fourth-order valence-electron chi connectivity index (χ4n) is 2.45. The third-order valence-electron chi connectivity index (χ3n) is 3.62. The molecule has 0 fully saturated rings. The van der Waals surface area contributed by atoms with E-state index in [-0.39, 0.29) is 0 Å². The number of nitroso groups, excluding NO2 is 2. The van der Waals surface area contributed by atoms with Crippen LogP contribution in [-0.2, 0) is 11.3 Å². The lowest BCUT2D eigenvalue weighted by Crippen LogP contribution is -2.25. The number of fused-ring (bicyclic) bond motifs is 1. The van der Waals surface area contributed by atoms with Crippen molar-refractivity contribution in [3.63, 3.8) is 0 Å². The van der Waals surface area contributed by atoms with Gasteiger partial charge in [-0.05, 0) is 25.5 Å². The summed E-state index contributed by atoms with van der Waals surface area (Å²) in [5.41, 5.74) is 1.72. The lowest BCUT2D eigenvalue weighted by Gasteiger charge is -2.17. The number of imidazole rings is 1. The molecule has 2 rings (SSSR count). The van der Waals surface area contributed by atoms with Gasteiger partial charge in [0.1, 0.15) is 0 Å². The van der Waals surface area contributed by atoms with Crippen LogP contribution in [0.3, 0.4) is 0 Å². The van der Waals surface area contributed by atoms with Gasteiger partial charge in [0.25, 0.3) is 0 Å². The molecule has 0 saturated heterocycles.